The van der Waals surface area contributed by atoms with Crippen LogP contribution < -0.4 is 10.2 Å². The van der Waals surface area contributed by atoms with Crippen molar-refractivity contribution in [3.8, 4) is 11.1 Å². The molecule has 0 bridgehead atoms. The average molecular weight is 466 g/mol. The van der Waals surface area contributed by atoms with Crippen molar-refractivity contribution in [2.75, 3.05) is 6.26 Å². The number of benzene rings is 2. The second kappa shape index (κ2) is 9.23. The van der Waals surface area contributed by atoms with Crippen LogP contribution in [0.5, 0.6) is 0 Å². The van der Waals surface area contributed by atoms with Crippen LogP contribution in [0.3, 0.4) is 0 Å². The summed E-state index contributed by atoms with van der Waals surface area (Å²) in [5.74, 6) is -0.284. The molecule has 4 rings (SSSR count). The molecule has 0 fully saturated rings. The van der Waals surface area contributed by atoms with Gasteiger partial charge in [-0.05, 0) is 36.0 Å². The standard InChI is InChI=1S/C26H31N3O3S/c1-17(2)25-26(30)24-21(22(28-33(4,31)32)13-14-23(24)29(3)27-25)16-18-9-8-12-20(15-18)19-10-6-5-7-11-19/h5-12,15,17,21-22,28H,13-14,16H2,1-4H3/t21-,22-/m0/s1. The van der Waals surface area contributed by atoms with E-state index >= 15 is 0 Å². The maximum atomic E-state index is 13.6. The minimum atomic E-state index is -3.43. The summed E-state index contributed by atoms with van der Waals surface area (Å²) < 4.78 is 29.0. The van der Waals surface area contributed by atoms with Crippen molar-refractivity contribution in [3.63, 3.8) is 0 Å². The first-order valence-electron chi connectivity index (χ1n) is 11.4. The number of sulfonamides is 1. The zero-order valence-electron chi connectivity index (χ0n) is 19.6. The summed E-state index contributed by atoms with van der Waals surface area (Å²) in [4.78, 5) is 13.6. The molecule has 0 saturated heterocycles. The summed E-state index contributed by atoms with van der Waals surface area (Å²) >= 11 is 0. The molecule has 1 aliphatic rings. The van der Waals surface area contributed by atoms with Crippen molar-refractivity contribution in [1.29, 1.82) is 0 Å². The van der Waals surface area contributed by atoms with Gasteiger partial charge in [0.1, 0.15) is 5.69 Å². The summed E-state index contributed by atoms with van der Waals surface area (Å²) in [6, 6.07) is 18.1. The van der Waals surface area contributed by atoms with E-state index in [0.29, 0.717) is 30.5 Å². The molecule has 0 aliphatic heterocycles. The molecule has 6 nitrogen and oxygen atoms in total. The summed E-state index contributed by atoms with van der Waals surface area (Å²) in [5.41, 5.74) is 5.37. The van der Waals surface area contributed by atoms with Crippen molar-refractivity contribution in [2.45, 2.75) is 51.0 Å². The SMILES string of the molecule is CC(C)c1nn(C)c2c(c1=O)[C@@H](Cc1cccc(-c3ccccc3)c1)[C@@H](NS(C)(=O)=O)CC2. The molecular weight excluding hydrogens is 434 g/mol. The number of nitrogens with one attached hydrogen (secondary N) is 1. The Kier molecular flexibility index (Phi) is 6.54. The maximum absolute atomic E-state index is 13.6. The summed E-state index contributed by atoms with van der Waals surface area (Å²) in [5, 5.41) is 4.55. The van der Waals surface area contributed by atoms with Gasteiger partial charge in [0, 0.05) is 36.2 Å². The Morgan fingerprint density at radius 2 is 1.79 bits per heavy atom. The third-order valence-electron chi connectivity index (χ3n) is 6.39. The van der Waals surface area contributed by atoms with E-state index in [1.807, 2.05) is 55.9 Å². The fourth-order valence-corrected chi connectivity index (χ4v) is 5.72. The normalized spacial score (nSPS) is 18.3. The van der Waals surface area contributed by atoms with Gasteiger partial charge in [0.25, 0.3) is 0 Å². The Bertz CT molecular complexity index is 1310. The highest BCUT2D eigenvalue weighted by atomic mass is 32.2. The second-order valence-electron chi connectivity index (χ2n) is 9.27. The third-order valence-corrected chi connectivity index (χ3v) is 7.12. The molecule has 0 saturated carbocycles. The minimum Gasteiger partial charge on any atom is -0.287 e. The molecule has 2 aromatic carbocycles. The third kappa shape index (κ3) is 5.09. The van der Waals surface area contributed by atoms with Gasteiger partial charge in [-0.1, -0.05) is 68.4 Å². The molecule has 1 heterocycles. The van der Waals surface area contributed by atoms with Crippen LogP contribution in [-0.4, -0.2) is 30.5 Å². The van der Waals surface area contributed by atoms with Crippen LogP contribution >= 0.6 is 0 Å². The zero-order chi connectivity index (χ0) is 23.8. The first-order valence-corrected chi connectivity index (χ1v) is 13.2. The summed E-state index contributed by atoms with van der Waals surface area (Å²) in [6.07, 6.45) is 2.98. The molecule has 3 aromatic rings. The lowest BCUT2D eigenvalue weighted by Gasteiger charge is -2.34. The first kappa shape index (κ1) is 23.4. The Hall–Kier alpha value is -2.77. The van der Waals surface area contributed by atoms with E-state index in [1.54, 1.807) is 0 Å². The van der Waals surface area contributed by atoms with Gasteiger partial charge in [-0.2, -0.15) is 5.10 Å². The lowest BCUT2D eigenvalue weighted by Crippen LogP contribution is -2.45. The van der Waals surface area contributed by atoms with Gasteiger partial charge >= 0.3 is 0 Å². The fourth-order valence-electron chi connectivity index (χ4n) is 4.88. The largest absolute Gasteiger partial charge is 0.287 e. The molecule has 7 heteroatoms. The number of hydrogen-bond acceptors (Lipinski definition) is 4. The van der Waals surface area contributed by atoms with Crippen molar-refractivity contribution >= 4 is 10.0 Å². The van der Waals surface area contributed by atoms with Crippen LogP contribution in [0.25, 0.3) is 11.1 Å². The second-order valence-corrected chi connectivity index (χ2v) is 11.0. The molecule has 0 spiro atoms. The van der Waals surface area contributed by atoms with Crippen LogP contribution in [0, 0.1) is 0 Å². The molecule has 2 atom stereocenters. The Morgan fingerprint density at radius 3 is 2.45 bits per heavy atom. The van der Waals surface area contributed by atoms with E-state index in [-0.39, 0.29) is 23.3 Å². The first-order chi connectivity index (χ1) is 15.6. The van der Waals surface area contributed by atoms with Gasteiger partial charge in [-0.3, -0.25) is 9.48 Å². The molecule has 33 heavy (non-hydrogen) atoms. The highest BCUT2D eigenvalue weighted by molar-refractivity contribution is 7.88. The molecule has 0 radical (unpaired) electrons. The number of fused-ring (bicyclic) bond motifs is 1. The smallest absolute Gasteiger partial charge is 0.208 e. The molecule has 174 valence electrons. The molecular formula is C26H31N3O3S. The van der Waals surface area contributed by atoms with Crippen LogP contribution in [0.1, 0.15) is 54.6 Å². The predicted molar refractivity (Wildman–Crippen MR) is 132 cm³/mol. The number of nitrogens with zero attached hydrogens (tertiary/aromatic N) is 2. The predicted octanol–water partition coefficient (Wildman–Crippen LogP) is 3.76. The number of aryl methyl sites for hydroxylation is 1. The molecule has 0 unspecified atom stereocenters. The Balaban J connectivity index is 1.81. The Labute approximate surface area is 195 Å². The van der Waals surface area contributed by atoms with E-state index < -0.39 is 10.0 Å². The highest BCUT2D eigenvalue weighted by Gasteiger charge is 2.36. The van der Waals surface area contributed by atoms with E-state index in [2.05, 4.69) is 34.1 Å². The van der Waals surface area contributed by atoms with Gasteiger partial charge in [0.15, 0.2) is 0 Å². The van der Waals surface area contributed by atoms with Crippen molar-refractivity contribution < 1.29 is 8.42 Å². The molecule has 1 N–H and O–H groups in total. The van der Waals surface area contributed by atoms with Crippen LogP contribution in [0.4, 0.5) is 0 Å². The van der Waals surface area contributed by atoms with Gasteiger partial charge in [0.2, 0.25) is 15.5 Å². The maximum Gasteiger partial charge on any atom is 0.208 e. The number of hydrogen-bond donors (Lipinski definition) is 1. The van der Waals surface area contributed by atoms with E-state index in [4.69, 9.17) is 0 Å². The van der Waals surface area contributed by atoms with Crippen molar-refractivity contribution in [2.24, 2.45) is 7.05 Å². The quantitative estimate of drug-likeness (QED) is 0.601. The average Bonchev–Trinajstić information content (AvgIpc) is 2.77. The monoisotopic (exact) mass is 465 g/mol. The zero-order valence-corrected chi connectivity index (χ0v) is 20.4. The van der Waals surface area contributed by atoms with E-state index in [1.165, 1.54) is 6.26 Å². The lowest BCUT2D eigenvalue weighted by atomic mass is 9.77. The van der Waals surface area contributed by atoms with Gasteiger partial charge in [-0.15, -0.1) is 0 Å². The molecule has 1 aliphatic carbocycles. The van der Waals surface area contributed by atoms with Gasteiger partial charge in [0.05, 0.1) is 6.26 Å². The van der Waals surface area contributed by atoms with Crippen LogP contribution in [0.15, 0.2) is 59.4 Å². The van der Waals surface area contributed by atoms with E-state index in [0.717, 1.165) is 22.4 Å². The Morgan fingerprint density at radius 1 is 1.09 bits per heavy atom. The van der Waals surface area contributed by atoms with Crippen LogP contribution in [0.2, 0.25) is 0 Å². The summed E-state index contributed by atoms with van der Waals surface area (Å²) in [7, 11) is -1.55. The topological polar surface area (TPSA) is 81.1 Å². The highest BCUT2D eigenvalue weighted by Crippen LogP contribution is 2.34. The van der Waals surface area contributed by atoms with Crippen molar-refractivity contribution in [3.05, 3.63) is 87.3 Å². The molecule has 1 aromatic heterocycles. The minimum absolute atomic E-state index is 0.0145. The number of rotatable bonds is 6. The van der Waals surface area contributed by atoms with E-state index in [9.17, 15) is 13.2 Å². The van der Waals surface area contributed by atoms with Gasteiger partial charge in [-0.25, -0.2) is 13.1 Å². The lowest BCUT2D eigenvalue weighted by molar-refractivity contribution is 0.408. The number of aromatic nitrogens is 2. The summed E-state index contributed by atoms with van der Waals surface area (Å²) in [6.45, 7) is 3.92. The van der Waals surface area contributed by atoms with Crippen LogP contribution in [-0.2, 0) is 29.9 Å². The fraction of sp³-hybridized carbons (Fsp3) is 0.385. The molecule has 0 amide bonds. The van der Waals surface area contributed by atoms with Crippen molar-refractivity contribution in [1.82, 2.24) is 14.5 Å². The van der Waals surface area contributed by atoms with Gasteiger partial charge < -0.3 is 0 Å².